The third-order valence-electron chi connectivity index (χ3n) is 4.61. The second-order valence-corrected chi connectivity index (χ2v) is 5.01. The van der Waals surface area contributed by atoms with Crippen molar-refractivity contribution < 1.29 is 4.79 Å². The summed E-state index contributed by atoms with van der Waals surface area (Å²) in [6, 6.07) is 0. The maximum Gasteiger partial charge on any atom is 0.140 e. The van der Waals surface area contributed by atoms with Gasteiger partial charge in [0, 0.05) is 12.3 Å². The van der Waals surface area contributed by atoms with E-state index >= 15 is 0 Å². The number of carbonyl (C=O) groups excluding carboxylic acids is 1. The molecule has 3 unspecified atom stereocenters. The van der Waals surface area contributed by atoms with Gasteiger partial charge in [-0.15, -0.1) is 0 Å². The molecule has 1 nitrogen and oxygen atoms in total. The van der Waals surface area contributed by atoms with Crippen LogP contribution in [-0.2, 0) is 4.79 Å². The van der Waals surface area contributed by atoms with Gasteiger partial charge in [-0.05, 0) is 37.0 Å². The fourth-order valence-corrected chi connectivity index (χ4v) is 4.18. The predicted octanol–water partition coefficient (Wildman–Crippen LogP) is 2.71. The summed E-state index contributed by atoms with van der Waals surface area (Å²) in [4.78, 5) is 11.7. The molecule has 0 aromatic heterocycles. The van der Waals surface area contributed by atoms with Crippen molar-refractivity contribution in [2.75, 3.05) is 0 Å². The first-order valence-corrected chi connectivity index (χ1v) is 5.47. The molecule has 3 atom stereocenters. The van der Waals surface area contributed by atoms with Crippen molar-refractivity contribution in [2.24, 2.45) is 17.3 Å². The minimum Gasteiger partial charge on any atom is -0.299 e. The molecular weight excluding hydrogens is 160 g/mol. The minimum atomic E-state index is 0.286. The summed E-state index contributed by atoms with van der Waals surface area (Å²) < 4.78 is 0. The van der Waals surface area contributed by atoms with Gasteiger partial charge in [-0.3, -0.25) is 4.79 Å². The Morgan fingerprint density at radius 2 is 2.08 bits per heavy atom. The van der Waals surface area contributed by atoms with Crippen LogP contribution in [-0.4, -0.2) is 5.78 Å². The Morgan fingerprint density at radius 3 is 2.92 bits per heavy atom. The van der Waals surface area contributed by atoms with Crippen molar-refractivity contribution in [1.29, 1.82) is 0 Å². The average Bonchev–Trinajstić information content (AvgIpc) is 2.43. The molecule has 0 bridgehead atoms. The second-order valence-electron chi connectivity index (χ2n) is 5.01. The van der Waals surface area contributed by atoms with Crippen molar-refractivity contribution >= 4 is 5.78 Å². The number of allylic oxidation sites excluding steroid dienone is 1. The number of carbonyl (C=O) groups is 1. The highest BCUT2D eigenvalue weighted by Gasteiger charge is 2.62. The Morgan fingerprint density at radius 1 is 1.31 bits per heavy atom. The lowest BCUT2D eigenvalue weighted by Crippen LogP contribution is -2.53. The Kier molecular flexibility index (Phi) is 1.35. The van der Waals surface area contributed by atoms with Gasteiger partial charge in [-0.1, -0.05) is 18.6 Å². The van der Waals surface area contributed by atoms with Gasteiger partial charge in [0.05, 0.1) is 0 Å². The molecule has 0 N–H and O–H groups in total. The first kappa shape index (κ1) is 7.78. The minimum absolute atomic E-state index is 0.286. The lowest BCUT2D eigenvalue weighted by Gasteiger charge is -2.56. The van der Waals surface area contributed by atoms with Gasteiger partial charge in [0.1, 0.15) is 5.78 Å². The number of ketones is 1. The van der Waals surface area contributed by atoms with E-state index in [-0.39, 0.29) is 5.92 Å². The van der Waals surface area contributed by atoms with Gasteiger partial charge in [0.2, 0.25) is 0 Å². The number of rotatable bonds is 0. The van der Waals surface area contributed by atoms with Crippen LogP contribution in [0.4, 0.5) is 0 Å². The van der Waals surface area contributed by atoms with Gasteiger partial charge in [0.15, 0.2) is 0 Å². The highest BCUT2D eigenvalue weighted by Crippen LogP contribution is 2.68. The molecule has 0 aromatic rings. The molecule has 3 aliphatic carbocycles. The summed E-state index contributed by atoms with van der Waals surface area (Å²) in [7, 11) is 0. The normalized spacial score (nSPS) is 48.3. The first-order chi connectivity index (χ1) is 6.26. The third kappa shape index (κ3) is 0.722. The third-order valence-corrected chi connectivity index (χ3v) is 4.61. The van der Waals surface area contributed by atoms with E-state index in [1.807, 2.05) is 0 Å². The van der Waals surface area contributed by atoms with Gasteiger partial charge in [-0.25, -0.2) is 0 Å². The highest BCUT2D eigenvalue weighted by atomic mass is 16.1. The maximum absolute atomic E-state index is 11.7. The molecule has 0 aromatic carbocycles. The topological polar surface area (TPSA) is 17.1 Å². The first-order valence-electron chi connectivity index (χ1n) is 5.47. The van der Waals surface area contributed by atoms with Crippen LogP contribution in [0.1, 0.15) is 38.5 Å². The van der Waals surface area contributed by atoms with E-state index in [9.17, 15) is 4.79 Å². The van der Waals surface area contributed by atoms with E-state index in [0.29, 0.717) is 11.2 Å². The van der Waals surface area contributed by atoms with E-state index < -0.39 is 0 Å². The van der Waals surface area contributed by atoms with Crippen molar-refractivity contribution in [3.05, 3.63) is 12.2 Å². The molecule has 3 aliphatic rings. The predicted molar refractivity (Wildman–Crippen MR) is 51.3 cm³/mol. The molecule has 1 spiro atoms. The SMILES string of the molecule is C=C1C2CCCC23CCCC(=O)C13. The fraction of sp³-hybridized carbons (Fsp3) is 0.750. The van der Waals surface area contributed by atoms with E-state index in [0.717, 1.165) is 18.8 Å². The molecule has 0 heterocycles. The monoisotopic (exact) mass is 176 g/mol. The van der Waals surface area contributed by atoms with E-state index in [2.05, 4.69) is 6.58 Å². The van der Waals surface area contributed by atoms with E-state index in [1.54, 1.807) is 0 Å². The van der Waals surface area contributed by atoms with E-state index in [4.69, 9.17) is 0 Å². The second kappa shape index (κ2) is 2.26. The summed E-state index contributed by atoms with van der Waals surface area (Å²) in [6.07, 6.45) is 7.19. The van der Waals surface area contributed by atoms with Gasteiger partial charge in [-0.2, -0.15) is 0 Å². The molecular formula is C12H16O. The largest absolute Gasteiger partial charge is 0.299 e. The van der Waals surface area contributed by atoms with Gasteiger partial charge >= 0.3 is 0 Å². The highest BCUT2D eigenvalue weighted by molar-refractivity contribution is 5.87. The van der Waals surface area contributed by atoms with Crippen LogP contribution < -0.4 is 0 Å². The summed E-state index contributed by atoms with van der Waals surface area (Å²) in [5.41, 5.74) is 1.70. The Balaban J connectivity index is 2.00. The van der Waals surface area contributed by atoms with E-state index in [1.165, 1.54) is 31.3 Å². The molecule has 70 valence electrons. The van der Waals surface area contributed by atoms with Crippen molar-refractivity contribution in [1.82, 2.24) is 0 Å². The van der Waals surface area contributed by atoms with Crippen molar-refractivity contribution in [3.63, 3.8) is 0 Å². The molecule has 3 saturated carbocycles. The van der Waals surface area contributed by atoms with Crippen LogP contribution in [0.25, 0.3) is 0 Å². The van der Waals surface area contributed by atoms with Crippen LogP contribution in [0, 0.1) is 17.3 Å². The Labute approximate surface area is 79.2 Å². The van der Waals surface area contributed by atoms with Crippen LogP contribution >= 0.6 is 0 Å². The summed E-state index contributed by atoms with van der Waals surface area (Å²) in [5, 5.41) is 0. The van der Waals surface area contributed by atoms with Crippen LogP contribution in [0.2, 0.25) is 0 Å². The zero-order chi connectivity index (χ0) is 9.05. The van der Waals surface area contributed by atoms with Crippen LogP contribution in [0.3, 0.4) is 0 Å². The lowest BCUT2D eigenvalue weighted by atomic mass is 9.46. The molecule has 0 radical (unpaired) electrons. The molecule has 0 aliphatic heterocycles. The maximum atomic E-state index is 11.7. The number of hydrogen-bond donors (Lipinski definition) is 0. The molecule has 3 rings (SSSR count). The Bertz CT molecular complexity index is 291. The molecule has 3 fully saturated rings. The quantitative estimate of drug-likeness (QED) is 0.519. The smallest absolute Gasteiger partial charge is 0.140 e. The fourth-order valence-electron chi connectivity index (χ4n) is 4.18. The zero-order valence-electron chi connectivity index (χ0n) is 8.01. The van der Waals surface area contributed by atoms with Crippen LogP contribution in [0.5, 0.6) is 0 Å². The molecule has 0 amide bonds. The van der Waals surface area contributed by atoms with Crippen molar-refractivity contribution in [3.8, 4) is 0 Å². The summed E-state index contributed by atoms with van der Waals surface area (Å²) in [5.74, 6) is 1.50. The lowest BCUT2D eigenvalue weighted by molar-refractivity contribution is -0.136. The Hall–Kier alpha value is -0.590. The van der Waals surface area contributed by atoms with Crippen LogP contribution in [0.15, 0.2) is 12.2 Å². The van der Waals surface area contributed by atoms with Crippen molar-refractivity contribution in [2.45, 2.75) is 38.5 Å². The van der Waals surface area contributed by atoms with Gasteiger partial charge < -0.3 is 0 Å². The number of hydrogen-bond acceptors (Lipinski definition) is 1. The summed E-state index contributed by atoms with van der Waals surface area (Å²) in [6.45, 7) is 4.11. The standard InChI is InChI=1S/C12H16O/c1-8-9-4-2-6-12(9)7-3-5-10(13)11(8)12/h9,11H,1-7H2. The molecule has 13 heavy (non-hydrogen) atoms. The molecule has 0 saturated heterocycles. The molecule has 1 heteroatoms. The number of Topliss-reactive ketones (excluding diaryl/α,β-unsaturated/α-hetero) is 1. The van der Waals surface area contributed by atoms with Gasteiger partial charge in [0.25, 0.3) is 0 Å². The summed E-state index contributed by atoms with van der Waals surface area (Å²) >= 11 is 0. The average molecular weight is 176 g/mol. The zero-order valence-corrected chi connectivity index (χ0v) is 8.01.